The summed E-state index contributed by atoms with van der Waals surface area (Å²) in [6.07, 6.45) is 0. The summed E-state index contributed by atoms with van der Waals surface area (Å²) >= 11 is 4.92. The summed E-state index contributed by atoms with van der Waals surface area (Å²) in [5.41, 5.74) is 8.16. The average molecular weight is 342 g/mol. The molecule has 19 heavy (non-hydrogen) atoms. The van der Waals surface area contributed by atoms with Crippen LogP contribution in [-0.4, -0.2) is 0 Å². The summed E-state index contributed by atoms with van der Waals surface area (Å²) in [7, 11) is 0. The molecule has 1 heterocycles. The zero-order valence-corrected chi connectivity index (χ0v) is 13.6. The van der Waals surface area contributed by atoms with Crippen molar-refractivity contribution in [1.82, 2.24) is 0 Å². The molecule has 2 N–H and O–H groups in total. The van der Waals surface area contributed by atoms with E-state index >= 15 is 0 Å². The SMILES string of the molecule is Cc1cc(F)c(Br)cc1-c1ccc(C(N)C(C)C)s1. The maximum absolute atomic E-state index is 13.5. The second kappa shape index (κ2) is 5.73. The fraction of sp³-hybridized carbons (Fsp3) is 0.333. The second-order valence-corrected chi connectivity index (χ2v) is 7.02. The number of hydrogen-bond donors (Lipinski definition) is 1. The van der Waals surface area contributed by atoms with Crippen LogP contribution in [0.25, 0.3) is 10.4 Å². The Morgan fingerprint density at radius 2 is 1.95 bits per heavy atom. The van der Waals surface area contributed by atoms with Crippen LogP contribution in [0.15, 0.2) is 28.7 Å². The van der Waals surface area contributed by atoms with Gasteiger partial charge in [-0.25, -0.2) is 4.39 Å². The van der Waals surface area contributed by atoms with E-state index in [4.69, 9.17) is 5.73 Å². The third-order valence-electron chi connectivity index (χ3n) is 3.21. The third kappa shape index (κ3) is 3.07. The van der Waals surface area contributed by atoms with Gasteiger partial charge in [0.2, 0.25) is 0 Å². The molecule has 0 bridgehead atoms. The van der Waals surface area contributed by atoms with Gasteiger partial charge in [-0.1, -0.05) is 13.8 Å². The van der Waals surface area contributed by atoms with E-state index in [2.05, 4.69) is 41.9 Å². The van der Waals surface area contributed by atoms with E-state index in [-0.39, 0.29) is 11.9 Å². The van der Waals surface area contributed by atoms with Crippen molar-refractivity contribution < 1.29 is 4.39 Å². The van der Waals surface area contributed by atoms with Crippen molar-refractivity contribution in [2.45, 2.75) is 26.8 Å². The topological polar surface area (TPSA) is 26.0 Å². The minimum Gasteiger partial charge on any atom is -0.323 e. The van der Waals surface area contributed by atoms with Gasteiger partial charge < -0.3 is 5.73 Å². The van der Waals surface area contributed by atoms with Crippen molar-refractivity contribution in [3.8, 4) is 10.4 Å². The maximum atomic E-state index is 13.5. The average Bonchev–Trinajstić information content (AvgIpc) is 2.81. The molecule has 0 spiro atoms. The molecule has 102 valence electrons. The first kappa shape index (κ1) is 14.7. The lowest BCUT2D eigenvalue weighted by Crippen LogP contribution is -2.14. The first-order valence-electron chi connectivity index (χ1n) is 6.21. The largest absolute Gasteiger partial charge is 0.323 e. The maximum Gasteiger partial charge on any atom is 0.137 e. The molecule has 0 fully saturated rings. The Hall–Kier alpha value is -0.710. The van der Waals surface area contributed by atoms with Gasteiger partial charge in [0.25, 0.3) is 0 Å². The summed E-state index contributed by atoms with van der Waals surface area (Å²) in [6, 6.07) is 7.58. The van der Waals surface area contributed by atoms with Gasteiger partial charge in [0.05, 0.1) is 4.47 Å². The van der Waals surface area contributed by atoms with Crippen LogP contribution in [0, 0.1) is 18.7 Å². The van der Waals surface area contributed by atoms with Gasteiger partial charge in [-0.15, -0.1) is 11.3 Å². The van der Waals surface area contributed by atoms with E-state index in [1.807, 2.05) is 13.0 Å². The first-order chi connectivity index (χ1) is 8.90. The highest BCUT2D eigenvalue weighted by molar-refractivity contribution is 9.10. The van der Waals surface area contributed by atoms with Gasteiger partial charge in [0.1, 0.15) is 5.82 Å². The molecule has 4 heteroatoms. The van der Waals surface area contributed by atoms with Gasteiger partial charge in [-0.2, -0.15) is 0 Å². The molecule has 0 radical (unpaired) electrons. The van der Waals surface area contributed by atoms with E-state index in [9.17, 15) is 4.39 Å². The van der Waals surface area contributed by atoms with E-state index in [1.54, 1.807) is 17.4 Å². The van der Waals surface area contributed by atoms with Crippen LogP contribution in [0.5, 0.6) is 0 Å². The fourth-order valence-electron chi connectivity index (χ4n) is 1.92. The van der Waals surface area contributed by atoms with Crippen molar-refractivity contribution in [3.63, 3.8) is 0 Å². The molecule has 0 amide bonds. The Labute approximate surface area is 125 Å². The van der Waals surface area contributed by atoms with Crippen LogP contribution in [0.3, 0.4) is 0 Å². The Morgan fingerprint density at radius 1 is 1.26 bits per heavy atom. The molecular formula is C15H17BrFNS. The summed E-state index contributed by atoms with van der Waals surface area (Å²) in [4.78, 5) is 2.30. The molecule has 0 aliphatic carbocycles. The van der Waals surface area contributed by atoms with Crippen LogP contribution >= 0.6 is 27.3 Å². The van der Waals surface area contributed by atoms with E-state index in [0.717, 1.165) is 16.0 Å². The molecule has 1 nitrogen and oxygen atoms in total. The number of hydrogen-bond acceptors (Lipinski definition) is 2. The Balaban J connectivity index is 2.41. The summed E-state index contributed by atoms with van der Waals surface area (Å²) < 4.78 is 13.9. The predicted octanol–water partition coefficient (Wildman–Crippen LogP) is 5.28. The number of rotatable bonds is 3. The number of benzene rings is 1. The summed E-state index contributed by atoms with van der Waals surface area (Å²) in [5, 5.41) is 0. The quantitative estimate of drug-likeness (QED) is 0.807. The van der Waals surface area contributed by atoms with Crippen LogP contribution in [0.1, 0.15) is 30.3 Å². The van der Waals surface area contributed by atoms with Gasteiger partial charge in [-0.05, 0) is 64.2 Å². The lowest BCUT2D eigenvalue weighted by Gasteiger charge is -2.13. The Kier molecular flexibility index (Phi) is 4.43. The number of aryl methyl sites for hydroxylation is 1. The Morgan fingerprint density at radius 3 is 2.58 bits per heavy atom. The minimum absolute atomic E-state index is 0.0583. The van der Waals surface area contributed by atoms with Crippen LogP contribution in [0.4, 0.5) is 4.39 Å². The third-order valence-corrected chi connectivity index (χ3v) is 5.03. The molecule has 0 saturated heterocycles. The van der Waals surface area contributed by atoms with Crippen molar-refractivity contribution in [1.29, 1.82) is 0 Å². The van der Waals surface area contributed by atoms with Gasteiger partial charge in [0, 0.05) is 15.8 Å². The van der Waals surface area contributed by atoms with Gasteiger partial charge >= 0.3 is 0 Å². The molecule has 0 aliphatic heterocycles. The zero-order chi connectivity index (χ0) is 14.2. The predicted molar refractivity (Wildman–Crippen MR) is 83.9 cm³/mol. The summed E-state index contributed by atoms with van der Waals surface area (Å²) in [6.45, 7) is 6.15. The van der Waals surface area contributed by atoms with Crippen LogP contribution < -0.4 is 5.73 Å². The van der Waals surface area contributed by atoms with E-state index in [1.165, 1.54) is 4.88 Å². The highest BCUT2D eigenvalue weighted by atomic mass is 79.9. The lowest BCUT2D eigenvalue weighted by atomic mass is 10.0. The number of thiophene rings is 1. The molecule has 1 unspecified atom stereocenters. The molecule has 1 aromatic carbocycles. The van der Waals surface area contributed by atoms with Crippen molar-refractivity contribution in [2.75, 3.05) is 0 Å². The highest BCUT2D eigenvalue weighted by Gasteiger charge is 2.15. The zero-order valence-electron chi connectivity index (χ0n) is 11.2. The molecule has 0 saturated carbocycles. The smallest absolute Gasteiger partial charge is 0.137 e. The monoisotopic (exact) mass is 341 g/mol. The normalized spacial score (nSPS) is 13.0. The van der Waals surface area contributed by atoms with Crippen LogP contribution in [-0.2, 0) is 0 Å². The molecule has 0 aliphatic rings. The van der Waals surface area contributed by atoms with Crippen molar-refractivity contribution in [3.05, 3.63) is 45.0 Å². The van der Waals surface area contributed by atoms with E-state index in [0.29, 0.717) is 10.4 Å². The molecule has 1 aromatic heterocycles. The summed E-state index contributed by atoms with van der Waals surface area (Å²) in [5.74, 6) is 0.185. The molecule has 2 aromatic rings. The number of halogens is 2. The fourth-order valence-corrected chi connectivity index (χ4v) is 3.52. The molecule has 2 rings (SSSR count). The Bertz CT molecular complexity index is 592. The second-order valence-electron chi connectivity index (χ2n) is 5.05. The number of nitrogens with two attached hydrogens (primary N) is 1. The van der Waals surface area contributed by atoms with Gasteiger partial charge in [0.15, 0.2) is 0 Å². The standard InChI is InChI=1S/C15H17BrFNS/c1-8(2)15(18)14-5-4-13(19-14)10-7-11(16)12(17)6-9(10)3/h4-8,15H,18H2,1-3H3. The first-order valence-corrected chi connectivity index (χ1v) is 7.82. The highest BCUT2D eigenvalue weighted by Crippen LogP contribution is 2.36. The minimum atomic E-state index is -0.225. The van der Waals surface area contributed by atoms with Crippen molar-refractivity contribution in [2.24, 2.45) is 11.7 Å². The van der Waals surface area contributed by atoms with E-state index < -0.39 is 0 Å². The van der Waals surface area contributed by atoms with Crippen molar-refractivity contribution >= 4 is 27.3 Å². The van der Waals surface area contributed by atoms with Gasteiger partial charge in [-0.3, -0.25) is 0 Å². The lowest BCUT2D eigenvalue weighted by molar-refractivity contribution is 0.521. The molecular weight excluding hydrogens is 325 g/mol. The molecule has 1 atom stereocenters. The van der Waals surface area contributed by atoms with Crippen LogP contribution in [0.2, 0.25) is 0 Å².